The number of halogens is 3. The lowest BCUT2D eigenvalue weighted by molar-refractivity contribution is -0.123. The standard InChI is InChI=1S/C35H32Cl2FN3O6S/c1-44-28-7-3-2-6-25(28)41-34(43)21-33(42)40-23-9-11-27(24(38)19-23)47-30-12-15-39-26-20-32(48-35(26)30)22-8-10-29(45-16-4-13-36)31(18-22)46-17-5-14-37/h2-3,6-12,15,18-20H,4-5,13-14,16-17,21H2,1H3,(H,40,42)(H,41,43). The van der Waals surface area contributed by atoms with Crippen molar-refractivity contribution in [3.05, 3.63) is 84.8 Å². The number of methoxy groups -OCH3 is 1. The number of para-hydroxylation sites is 2. The van der Waals surface area contributed by atoms with E-state index >= 15 is 4.39 Å². The first-order valence-corrected chi connectivity index (χ1v) is 16.9. The van der Waals surface area contributed by atoms with Crippen molar-refractivity contribution in [3.8, 4) is 39.2 Å². The molecule has 0 saturated heterocycles. The molecule has 0 atom stereocenters. The number of carbonyl (C=O) groups excluding carboxylic acids is 2. The summed E-state index contributed by atoms with van der Waals surface area (Å²) in [5.74, 6) is 1.18. The lowest BCUT2D eigenvalue weighted by Crippen LogP contribution is -2.21. The van der Waals surface area contributed by atoms with Crippen molar-refractivity contribution >= 4 is 67.9 Å². The van der Waals surface area contributed by atoms with Crippen molar-refractivity contribution in [3.63, 3.8) is 0 Å². The van der Waals surface area contributed by atoms with Gasteiger partial charge in [-0.3, -0.25) is 14.6 Å². The summed E-state index contributed by atoms with van der Waals surface area (Å²) >= 11 is 13.1. The molecule has 2 aromatic heterocycles. The maximum absolute atomic E-state index is 15.2. The minimum absolute atomic E-state index is 0.0437. The van der Waals surface area contributed by atoms with Crippen molar-refractivity contribution in [1.29, 1.82) is 0 Å². The van der Waals surface area contributed by atoms with Crippen molar-refractivity contribution < 1.29 is 32.9 Å². The van der Waals surface area contributed by atoms with E-state index in [1.807, 2.05) is 24.3 Å². The van der Waals surface area contributed by atoms with Gasteiger partial charge in [0.1, 0.15) is 17.9 Å². The maximum Gasteiger partial charge on any atom is 0.233 e. The number of rotatable bonds is 16. The highest BCUT2D eigenvalue weighted by Crippen LogP contribution is 2.42. The molecule has 0 aliphatic heterocycles. The second-order valence-corrected chi connectivity index (χ2v) is 12.1. The number of amides is 2. The van der Waals surface area contributed by atoms with Crippen LogP contribution in [0, 0.1) is 5.82 Å². The smallest absolute Gasteiger partial charge is 0.233 e. The van der Waals surface area contributed by atoms with Crippen LogP contribution < -0.4 is 29.6 Å². The van der Waals surface area contributed by atoms with E-state index < -0.39 is 24.1 Å². The molecule has 250 valence electrons. The van der Waals surface area contributed by atoms with Gasteiger partial charge in [-0.05, 0) is 66.9 Å². The van der Waals surface area contributed by atoms with Gasteiger partial charge in [-0.15, -0.1) is 34.5 Å². The van der Waals surface area contributed by atoms with E-state index in [0.29, 0.717) is 72.0 Å². The van der Waals surface area contributed by atoms with Crippen molar-refractivity contribution in [2.24, 2.45) is 0 Å². The summed E-state index contributed by atoms with van der Waals surface area (Å²) < 4.78 is 39.0. The predicted molar refractivity (Wildman–Crippen MR) is 188 cm³/mol. The monoisotopic (exact) mass is 711 g/mol. The average Bonchev–Trinajstić information content (AvgIpc) is 3.52. The number of benzene rings is 3. The number of carbonyl (C=O) groups is 2. The number of ether oxygens (including phenoxy) is 4. The van der Waals surface area contributed by atoms with Gasteiger partial charge in [-0.1, -0.05) is 12.1 Å². The van der Waals surface area contributed by atoms with Gasteiger partial charge in [0.25, 0.3) is 0 Å². The Hall–Kier alpha value is -4.58. The number of thiophene rings is 1. The van der Waals surface area contributed by atoms with E-state index in [9.17, 15) is 9.59 Å². The number of hydrogen-bond acceptors (Lipinski definition) is 8. The van der Waals surface area contributed by atoms with Gasteiger partial charge in [0.2, 0.25) is 11.8 Å². The van der Waals surface area contributed by atoms with Crippen LogP contribution in [0.2, 0.25) is 0 Å². The Morgan fingerprint density at radius 3 is 2.29 bits per heavy atom. The zero-order chi connectivity index (χ0) is 33.9. The topological polar surface area (TPSA) is 108 Å². The fourth-order valence-corrected chi connectivity index (χ4v) is 5.86. The van der Waals surface area contributed by atoms with Crippen LogP contribution in [-0.4, -0.2) is 48.9 Å². The third-order valence-electron chi connectivity index (χ3n) is 6.81. The summed E-state index contributed by atoms with van der Waals surface area (Å²) in [6.07, 6.45) is 2.51. The van der Waals surface area contributed by atoms with Crippen LogP contribution in [0.1, 0.15) is 19.3 Å². The molecule has 2 N–H and O–H groups in total. The number of hydrogen-bond donors (Lipinski definition) is 2. The van der Waals surface area contributed by atoms with Crippen LogP contribution in [0.15, 0.2) is 79.0 Å². The van der Waals surface area contributed by atoms with Gasteiger partial charge in [-0.25, -0.2) is 4.39 Å². The molecule has 0 unspecified atom stereocenters. The van der Waals surface area contributed by atoms with Crippen LogP contribution >= 0.6 is 34.5 Å². The SMILES string of the molecule is COc1ccccc1NC(=O)CC(=O)Nc1ccc(Oc2ccnc3cc(-c4ccc(OCCCCl)c(OCCCCl)c4)sc23)c(F)c1. The lowest BCUT2D eigenvalue weighted by atomic mass is 10.1. The minimum Gasteiger partial charge on any atom is -0.495 e. The highest BCUT2D eigenvalue weighted by Gasteiger charge is 2.17. The second-order valence-electron chi connectivity index (χ2n) is 10.3. The summed E-state index contributed by atoms with van der Waals surface area (Å²) in [5.41, 5.74) is 2.17. The summed E-state index contributed by atoms with van der Waals surface area (Å²) in [5, 5.41) is 5.18. The number of fused-ring (bicyclic) bond motifs is 1. The molecule has 0 fully saturated rings. The van der Waals surface area contributed by atoms with E-state index in [0.717, 1.165) is 21.2 Å². The molecule has 0 saturated carbocycles. The van der Waals surface area contributed by atoms with Crippen LogP contribution in [0.4, 0.5) is 15.8 Å². The van der Waals surface area contributed by atoms with Gasteiger partial charge in [0, 0.05) is 40.7 Å². The molecule has 0 spiro atoms. The Morgan fingerprint density at radius 1 is 0.812 bits per heavy atom. The van der Waals surface area contributed by atoms with Crippen LogP contribution in [-0.2, 0) is 9.59 Å². The second kappa shape index (κ2) is 17.0. The van der Waals surface area contributed by atoms with Crippen molar-refractivity contribution in [2.45, 2.75) is 19.3 Å². The van der Waals surface area contributed by atoms with E-state index in [1.165, 1.54) is 30.6 Å². The van der Waals surface area contributed by atoms with Crippen molar-refractivity contribution in [2.75, 3.05) is 42.7 Å². The number of nitrogens with one attached hydrogen (secondary N) is 2. The lowest BCUT2D eigenvalue weighted by Gasteiger charge is -2.13. The van der Waals surface area contributed by atoms with Crippen LogP contribution in [0.25, 0.3) is 20.7 Å². The van der Waals surface area contributed by atoms with Gasteiger partial charge in [-0.2, -0.15) is 0 Å². The Balaban J connectivity index is 1.27. The first kappa shape index (κ1) is 34.7. The quantitative estimate of drug-likeness (QED) is 0.0598. The average molecular weight is 713 g/mol. The molecular weight excluding hydrogens is 680 g/mol. The Morgan fingerprint density at radius 2 is 1.54 bits per heavy atom. The van der Waals surface area contributed by atoms with Crippen LogP contribution in [0.3, 0.4) is 0 Å². The first-order valence-electron chi connectivity index (χ1n) is 15.0. The number of pyridine rings is 1. The molecule has 0 aliphatic carbocycles. The molecule has 5 aromatic rings. The molecule has 0 bridgehead atoms. The molecular formula is C35H32Cl2FN3O6S. The maximum atomic E-state index is 15.2. The van der Waals surface area contributed by atoms with E-state index in [4.69, 9.17) is 42.1 Å². The molecule has 3 aromatic carbocycles. The highest BCUT2D eigenvalue weighted by molar-refractivity contribution is 7.22. The molecule has 13 heteroatoms. The zero-order valence-corrected chi connectivity index (χ0v) is 28.2. The number of alkyl halides is 2. The molecule has 0 radical (unpaired) electrons. The molecule has 5 rings (SSSR count). The molecule has 2 amide bonds. The molecule has 0 aliphatic rings. The fraction of sp³-hybridized carbons (Fsp3) is 0.229. The summed E-state index contributed by atoms with van der Waals surface area (Å²) in [6.45, 7) is 0.909. The number of anilines is 2. The summed E-state index contributed by atoms with van der Waals surface area (Å²) in [6, 6.07) is 20.2. The largest absolute Gasteiger partial charge is 0.495 e. The predicted octanol–water partition coefficient (Wildman–Crippen LogP) is 8.89. The van der Waals surface area contributed by atoms with Crippen molar-refractivity contribution in [1.82, 2.24) is 4.98 Å². The first-order chi connectivity index (χ1) is 23.4. The summed E-state index contributed by atoms with van der Waals surface area (Å²) in [4.78, 5) is 30.3. The number of aromatic nitrogens is 1. The van der Waals surface area contributed by atoms with Gasteiger partial charge in [0.05, 0.1) is 36.2 Å². The Bertz CT molecular complexity index is 1890. The minimum atomic E-state index is -0.698. The molecule has 2 heterocycles. The number of nitrogens with zero attached hydrogens (tertiary/aromatic N) is 1. The fourth-order valence-electron chi connectivity index (χ4n) is 4.58. The third kappa shape index (κ3) is 9.06. The van der Waals surface area contributed by atoms with Crippen LogP contribution in [0.5, 0.6) is 28.7 Å². The van der Waals surface area contributed by atoms with Gasteiger partial charge >= 0.3 is 0 Å². The van der Waals surface area contributed by atoms with Gasteiger partial charge < -0.3 is 29.6 Å². The molecule has 9 nitrogen and oxygen atoms in total. The van der Waals surface area contributed by atoms with E-state index in [-0.39, 0.29) is 11.4 Å². The normalized spacial score (nSPS) is 10.8. The highest BCUT2D eigenvalue weighted by atomic mass is 35.5. The third-order valence-corrected chi connectivity index (χ3v) is 8.54. The Labute approximate surface area is 290 Å². The van der Waals surface area contributed by atoms with E-state index in [1.54, 1.807) is 36.5 Å². The van der Waals surface area contributed by atoms with E-state index in [2.05, 4.69) is 15.6 Å². The molecule has 48 heavy (non-hydrogen) atoms. The zero-order valence-electron chi connectivity index (χ0n) is 25.9. The van der Waals surface area contributed by atoms with Gasteiger partial charge in [0.15, 0.2) is 23.1 Å². The summed E-state index contributed by atoms with van der Waals surface area (Å²) in [7, 11) is 1.48. The Kier molecular flexibility index (Phi) is 12.3.